The van der Waals surface area contributed by atoms with Crippen LogP contribution in [0.4, 0.5) is 11.4 Å². The highest BCUT2D eigenvalue weighted by atomic mass is 16.6. The molecule has 106 valence electrons. The first-order chi connectivity index (χ1) is 10.1. The summed E-state index contributed by atoms with van der Waals surface area (Å²) in [4.78, 5) is 36.3. The summed E-state index contributed by atoms with van der Waals surface area (Å²) in [5, 5.41) is 10.8. The lowest BCUT2D eigenvalue weighted by Crippen LogP contribution is -2.34. The number of nitrogens with zero attached hydrogens (tertiary/aromatic N) is 2. The van der Waals surface area contributed by atoms with Gasteiger partial charge in [0.05, 0.1) is 34.7 Å². The molecule has 3 heterocycles. The van der Waals surface area contributed by atoms with Crippen LogP contribution in [0.2, 0.25) is 0 Å². The molecule has 7 heteroatoms. The number of fused-ring (bicyclic) bond motifs is 5. The highest BCUT2D eigenvalue weighted by Gasteiger charge is 2.61. The minimum atomic E-state index is -0.552. The van der Waals surface area contributed by atoms with Crippen LogP contribution in [0.1, 0.15) is 0 Å². The number of amides is 2. The van der Waals surface area contributed by atoms with Gasteiger partial charge in [-0.2, -0.15) is 0 Å². The molecule has 0 aromatic heterocycles. The van der Waals surface area contributed by atoms with Crippen LogP contribution in [0.3, 0.4) is 0 Å². The number of anilines is 1. The normalized spacial score (nSPS) is 32.9. The lowest BCUT2D eigenvalue weighted by Gasteiger charge is -2.17. The monoisotopic (exact) mass is 286 g/mol. The van der Waals surface area contributed by atoms with Crippen molar-refractivity contribution in [1.29, 1.82) is 0 Å². The SMILES string of the molecule is O=C1[C@@H]2[C@H](C(=O)N1c1cccc([N+](=O)[O-])c1)[C@@H]1C=C[C@H]2O1. The van der Waals surface area contributed by atoms with Crippen molar-refractivity contribution in [3.63, 3.8) is 0 Å². The smallest absolute Gasteiger partial charge is 0.271 e. The molecule has 0 saturated carbocycles. The average Bonchev–Trinajstić information content (AvgIpc) is 3.13. The number of carbonyl (C=O) groups excluding carboxylic acids is 2. The number of hydrogen-bond donors (Lipinski definition) is 0. The topological polar surface area (TPSA) is 89.8 Å². The maximum Gasteiger partial charge on any atom is 0.271 e. The number of carbonyl (C=O) groups is 2. The molecule has 2 amide bonds. The molecule has 1 aromatic rings. The fourth-order valence-corrected chi connectivity index (χ4v) is 3.30. The Morgan fingerprint density at radius 1 is 1.10 bits per heavy atom. The van der Waals surface area contributed by atoms with E-state index in [1.165, 1.54) is 24.3 Å². The van der Waals surface area contributed by atoms with Crippen LogP contribution in [0.15, 0.2) is 36.4 Å². The summed E-state index contributed by atoms with van der Waals surface area (Å²) >= 11 is 0. The summed E-state index contributed by atoms with van der Waals surface area (Å²) in [6, 6.07) is 5.56. The van der Waals surface area contributed by atoms with E-state index in [-0.39, 0.29) is 35.4 Å². The van der Waals surface area contributed by atoms with Crippen molar-refractivity contribution in [2.75, 3.05) is 4.90 Å². The first-order valence-electron chi connectivity index (χ1n) is 6.54. The van der Waals surface area contributed by atoms with E-state index in [1.54, 1.807) is 12.2 Å². The van der Waals surface area contributed by atoms with Crippen molar-refractivity contribution in [3.8, 4) is 0 Å². The van der Waals surface area contributed by atoms with Gasteiger partial charge < -0.3 is 4.74 Å². The molecular formula is C14H10N2O5. The zero-order valence-corrected chi connectivity index (χ0v) is 10.7. The van der Waals surface area contributed by atoms with E-state index in [9.17, 15) is 19.7 Å². The van der Waals surface area contributed by atoms with Crippen molar-refractivity contribution in [2.24, 2.45) is 11.8 Å². The standard InChI is InChI=1S/C14H10N2O5/c17-13-11-9-4-5-10(21-9)12(11)14(18)15(13)7-2-1-3-8(6-7)16(19)20/h1-6,9-12H/t9-,10+,11+,12-. The van der Waals surface area contributed by atoms with Crippen molar-refractivity contribution >= 4 is 23.2 Å². The summed E-state index contributed by atoms with van der Waals surface area (Å²) in [6.45, 7) is 0. The number of imide groups is 1. The number of nitro groups is 1. The quantitative estimate of drug-likeness (QED) is 0.350. The predicted octanol–water partition coefficient (Wildman–Crippen LogP) is 1.04. The molecule has 4 atom stereocenters. The largest absolute Gasteiger partial charge is 0.365 e. The Morgan fingerprint density at radius 2 is 1.71 bits per heavy atom. The molecular weight excluding hydrogens is 276 g/mol. The van der Waals surface area contributed by atoms with Crippen LogP contribution in [0.5, 0.6) is 0 Å². The number of ether oxygens (including phenoxy) is 1. The van der Waals surface area contributed by atoms with Crippen LogP contribution in [-0.4, -0.2) is 28.9 Å². The summed E-state index contributed by atoms with van der Waals surface area (Å²) in [6.07, 6.45) is 2.88. The highest BCUT2D eigenvalue weighted by molar-refractivity contribution is 6.23. The third-order valence-corrected chi connectivity index (χ3v) is 4.21. The van der Waals surface area contributed by atoms with E-state index in [0.29, 0.717) is 0 Å². The van der Waals surface area contributed by atoms with Gasteiger partial charge in [0.15, 0.2) is 0 Å². The van der Waals surface area contributed by atoms with Crippen molar-refractivity contribution in [1.82, 2.24) is 0 Å². The first-order valence-corrected chi connectivity index (χ1v) is 6.54. The summed E-state index contributed by atoms with van der Waals surface area (Å²) in [5.41, 5.74) is 0.0931. The van der Waals surface area contributed by atoms with Gasteiger partial charge in [-0.3, -0.25) is 19.7 Å². The molecule has 0 N–H and O–H groups in total. The molecule has 4 rings (SSSR count). The number of hydrogen-bond acceptors (Lipinski definition) is 5. The number of rotatable bonds is 2. The third kappa shape index (κ3) is 1.52. The maximum atomic E-state index is 12.5. The van der Waals surface area contributed by atoms with Crippen LogP contribution in [0, 0.1) is 22.0 Å². The summed E-state index contributed by atoms with van der Waals surface area (Å²) in [7, 11) is 0. The fourth-order valence-electron chi connectivity index (χ4n) is 3.30. The Kier molecular flexibility index (Phi) is 2.32. The number of benzene rings is 1. The van der Waals surface area contributed by atoms with E-state index < -0.39 is 16.8 Å². The zero-order chi connectivity index (χ0) is 14.7. The van der Waals surface area contributed by atoms with Crippen LogP contribution in [-0.2, 0) is 14.3 Å². The van der Waals surface area contributed by atoms with Crippen molar-refractivity contribution < 1.29 is 19.2 Å². The Bertz CT molecular complexity index is 683. The lowest BCUT2D eigenvalue weighted by atomic mass is 9.85. The van der Waals surface area contributed by atoms with Gasteiger partial charge in [0.2, 0.25) is 11.8 Å². The van der Waals surface area contributed by atoms with E-state index in [1.807, 2.05) is 0 Å². The second kappa shape index (κ2) is 3.98. The molecule has 0 radical (unpaired) electrons. The minimum absolute atomic E-state index is 0.150. The van der Waals surface area contributed by atoms with Crippen LogP contribution >= 0.6 is 0 Å². The second-order valence-electron chi connectivity index (χ2n) is 5.29. The summed E-state index contributed by atoms with van der Waals surface area (Å²) in [5.74, 6) is -1.71. The van der Waals surface area contributed by atoms with Gasteiger partial charge in [-0.25, -0.2) is 4.90 Å². The molecule has 0 aliphatic carbocycles. The number of non-ortho nitro benzene ring substituents is 1. The molecule has 0 unspecified atom stereocenters. The van der Waals surface area contributed by atoms with E-state index >= 15 is 0 Å². The average molecular weight is 286 g/mol. The Morgan fingerprint density at radius 3 is 2.29 bits per heavy atom. The lowest BCUT2D eigenvalue weighted by molar-refractivity contribution is -0.384. The van der Waals surface area contributed by atoms with E-state index in [0.717, 1.165) is 4.90 Å². The first kappa shape index (κ1) is 12.2. The summed E-state index contributed by atoms with van der Waals surface area (Å²) < 4.78 is 5.54. The zero-order valence-electron chi connectivity index (χ0n) is 10.7. The molecule has 1 aromatic carbocycles. The maximum absolute atomic E-state index is 12.5. The van der Waals surface area contributed by atoms with E-state index in [2.05, 4.69) is 0 Å². The highest BCUT2D eigenvalue weighted by Crippen LogP contribution is 2.46. The van der Waals surface area contributed by atoms with Gasteiger partial charge in [0.1, 0.15) is 0 Å². The van der Waals surface area contributed by atoms with Crippen LogP contribution < -0.4 is 4.90 Å². The minimum Gasteiger partial charge on any atom is -0.365 e. The van der Waals surface area contributed by atoms with E-state index in [4.69, 9.17) is 4.74 Å². The Balaban J connectivity index is 1.74. The molecule has 3 aliphatic rings. The third-order valence-electron chi connectivity index (χ3n) is 4.21. The van der Waals surface area contributed by atoms with Crippen LogP contribution in [0.25, 0.3) is 0 Å². The van der Waals surface area contributed by atoms with Gasteiger partial charge in [0.25, 0.3) is 5.69 Å². The fraction of sp³-hybridized carbons (Fsp3) is 0.286. The second-order valence-corrected chi connectivity index (χ2v) is 5.29. The molecule has 0 spiro atoms. The van der Waals surface area contributed by atoms with Crippen molar-refractivity contribution in [2.45, 2.75) is 12.2 Å². The van der Waals surface area contributed by atoms with Gasteiger partial charge in [-0.05, 0) is 6.07 Å². The van der Waals surface area contributed by atoms with Gasteiger partial charge >= 0.3 is 0 Å². The van der Waals surface area contributed by atoms with Gasteiger partial charge in [-0.15, -0.1) is 0 Å². The Labute approximate surface area is 118 Å². The molecule has 3 aliphatic heterocycles. The molecule has 2 fully saturated rings. The van der Waals surface area contributed by atoms with Gasteiger partial charge in [0, 0.05) is 12.1 Å². The predicted molar refractivity (Wildman–Crippen MR) is 70.4 cm³/mol. The van der Waals surface area contributed by atoms with Crippen molar-refractivity contribution in [3.05, 3.63) is 46.5 Å². The Hall–Kier alpha value is -2.54. The molecule has 2 bridgehead atoms. The number of nitro benzene ring substituents is 1. The molecule has 7 nitrogen and oxygen atoms in total. The molecule has 2 saturated heterocycles. The van der Waals surface area contributed by atoms with Gasteiger partial charge in [-0.1, -0.05) is 18.2 Å². The molecule has 21 heavy (non-hydrogen) atoms.